The van der Waals surface area contributed by atoms with Crippen molar-refractivity contribution < 1.29 is 4.74 Å². The number of hydrogen-bond acceptors (Lipinski definition) is 7. The Morgan fingerprint density at radius 1 is 1.19 bits per heavy atom. The van der Waals surface area contributed by atoms with Gasteiger partial charge in [-0.25, -0.2) is 19.9 Å². The fourth-order valence-corrected chi connectivity index (χ4v) is 1.76. The van der Waals surface area contributed by atoms with Gasteiger partial charge in [-0.1, -0.05) is 0 Å². The Morgan fingerprint density at radius 2 is 2.00 bits per heavy atom. The van der Waals surface area contributed by atoms with Crippen molar-refractivity contribution in [3.05, 3.63) is 35.7 Å². The van der Waals surface area contributed by atoms with E-state index in [1.165, 1.54) is 0 Å². The van der Waals surface area contributed by atoms with Gasteiger partial charge < -0.3 is 15.4 Å². The zero-order valence-electron chi connectivity index (χ0n) is 12.6. The van der Waals surface area contributed by atoms with Crippen LogP contribution in [0.3, 0.4) is 0 Å². The van der Waals surface area contributed by atoms with E-state index in [1.54, 1.807) is 6.20 Å². The van der Waals surface area contributed by atoms with Gasteiger partial charge in [0.25, 0.3) is 0 Å². The minimum Gasteiger partial charge on any atom is -0.374 e. The van der Waals surface area contributed by atoms with Crippen LogP contribution >= 0.6 is 0 Å². The van der Waals surface area contributed by atoms with Gasteiger partial charge in [-0.05, 0) is 19.9 Å². The van der Waals surface area contributed by atoms with Gasteiger partial charge in [0.1, 0.15) is 24.1 Å². The van der Waals surface area contributed by atoms with Gasteiger partial charge in [0, 0.05) is 25.9 Å². The van der Waals surface area contributed by atoms with E-state index in [9.17, 15) is 0 Å². The Balaban J connectivity index is 2.07. The van der Waals surface area contributed by atoms with E-state index < -0.39 is 0 Å². The van der Waals surface area contributed by atoms with Crippen LogP contribution in [0.5, 0.6) is 0 Å². The Kier molecular flexibility index (Phi) is 5.39. The number of hydrogen-bond donors (Lipinski definition) is 2. The lowest BCUT2D eigenvalue weighted by Gasteiger charge is -2.10. The molecule has 0 fully saturated rings. The maximum atomic E-state index is 5.35. The SMILES string of the molecule is CCOCc1nc(NC)cc(NCc2ccnc(C)n2)n1. The average molecular weight is 288 g/mol. The number of aromatic nitrogens is 4. The first kappa shape index (κ1) is 15.1. The van der Waals surface area contributed by atoms with E-state index in [0.717, 1.165) is 23.2 Å². The summed E-state index contributed by atoms with van der Waals surface area (Å²) >= 11 is 0. The van der Waals surface area contributed by atoms with Gasteiger partial charge in [-0.15, -0.1) is 0 Å². The average Bonchev–Trinajstić information content (AvgIpc) is 2.51. The zero-order valence-corrected chi connectivity index (χ0v) is 12.6. The summed E-state index contributed by atoms with van der Waals surface area (Å²) in [5.74, 6) is 2.89. The molecule has 2 aromatic rings. The first-order valence-electron chi connectivity index (χ1n) is 6.87. The summed E-state index contributed by atoms with van der Waals surface area (Å²) in [6.07, 6.45) is 1.75. The summed E-state index contributed by atoms with van der Waals surface area (Å²) in [6, 6.07) is 3.73. The minimum atomic E-state index is 0.396. The number of nitrogens with zero attached hydrogens (tertiary/aromatic N) is 4. The molecule has 0 aromatic carbocycles. The van der Waals surface area contributed by atoms with E-state index in [2.05, 4.69) is 30.6 Å². The number of anilines is 2. The summed E-state index contributed by atoms with van der Waals surface area (Å²) < 4.78 is 5.35. The molecule has 0 amide bonds. The highest BCUT2D eigenvalue weighted by Gasteiger charge is 2.04. The van der Waals surface area contributed by atoms with Crippen LogP contribution in [0.4, 0.5) is 11.6 Å². The topological polar surface area (TPSA) is 84.9 Å². The van der Waals surface area contributed by atoms with Crippen LogP contribution in [0.1, 0.15) is 24.3 Å². The van der Waals surface area contributed by atoms with E-state index in [0.29, 0.717) is 25.6 Å². The largest absolute Gasteiger partial charge is 0.374 e. The van der Waals surface area contributed by atoms with E-state index in [-0.39, 0.29) is 0 Å². The molecule has 2 rings (SSSR count). The summed E-state index contributed by atoms with van der Waals surface area (Å²) in [5.41, 5.74) is 0.915. The van der Waals surface area contributed by atoms with Crippen LogP contribution in [-0.2, 0) is 17.9 Å². The Labute approximate surface area is 124 Å². The van der Waals surface area contributed by atoms with Gasteiger partial charge in [0.15, 0.2) is 5.82 Å². The van der Waals surface area contributed by atoms with E-state index in [4.69, 9.17) is 4.74 Å². The van der Waals surface area contributed by atoms with Crippen molar-refractivity contribution in [2.75, 3.05) is 24.3 Å². The molecule has 0 saturated carbocycles. The zero-order chi connectivity index (χ0) is 15.1. The summed E-state index contributed by atoms with van der Waals surface area (Å²) in [5, 5.41) is 6.26. The van der Waals surface area contributed by atoms with Crippen LogP contribution in [-0.4, -0.2) is 33.6 Å². The van der Waals surface area contributed by atoms with Gasteiger partial charge >= 0.3 is 0 Å². The van der Waals surface area contributed by atoms with Gasteiger partial charge in [-0.2, -0.15) is 0 Å². The maximum Gasteiger partial charge on any atom is 0.158 e. The molecule has 2 heterocycles. The van der Waals surface area contributed by atoms with Gasteiger partial charge in [0.05, 0.1) is 12.2 Å². The Morgan fingerprint density at radius 3 is 2.71 bits per heavy atom. The van der Waals surface area contributed by atoms with Crippen LogP contribution < -0.4 is 10.6 Å². The number of aryl methyl sites for hydroxylation is 1. The molecule has 0 saturated heterocycles. The normalized spacial score (nSPS) is 10.4. The van der Waals surface area contributed by atoms with Crippen LogP contribution in [0.25, 0.3) is 0 Å². The quantitative estimate of drug-likeness (QED) is 0.803. The number of nitrogens with one attached hydrogen (secondary N) is 2. The lowest BCUT2D eigenvalue weighted by molar-refractivity contribution is 0.128. The molecule has 0 aliphatic heterocycles. The fraction of sp³-hybridized carbons (Fsp3) is 0.429. The fourth-order valence-electron chi connectivity index (χ4n) is 1.76. The molecule has 7 nitrogen and oxygen atoms in total. The third-order valence-electron chi connectivity index (χ3n) is 2.75. The number of ether oxygens (including phenoxy) is 1. The van der Waals surface area contributed by atoms with Gasteiger partial charge in [-0.3, -0.25) is 0 Å². The number of rotatable bonds is 7. The lowest BCUT2D eigenvalue weighted by atomic mass is 10.4. The first-order chi connectivity index (χ1) is 10.2. The second kappa shape index (κ2) is 7.49. The summed E-state index contributed by atoms with van der Waals surface area (Å²) in [7, 11) is 1.82. The Hall–Kier alpha value is -2.28. The second-order valence-electron chi connectivity index (χ2n) is 4.39. The molecule has 0 aliphatic carbocycles. The van der Waals surface area contributed by atoms with Crippen molar-refractivity contribution in [2.45, 2.75) is 27.0 Å². The Bertz CT molecular complexity index is 589. The molecule has 7 heteroatoms. The minimum absolute atomic E-state index is 0.396. The molecule has 21 heavy (non-hydrogen) atoms. The van der Waals surface area contributed by atoms with Crippen molar-refractivity contribution in [1.29, 1.82) is 0 Å². The summed E-state index contributed by atoms with van der Waals surface area (Å²) in [6.45, 7) is 5.42. The van der Waals surface area contributed by atoms with Crippen molar-refractivity contribution in [3.8, 4) is 0 Å². The molecular formula is C14H20N6O. The van der Waals surface area contributed by atoms with Crippen molar-refractivity contribution in [1.82, 2.24) is 19.9 Å². The highest BCUT2D eigenvalue weighted by atomic mass is 16.5. The molecule has 2 N–H and O–H groups in total. The third kappa shape index (κ3) is 4.64. The predicted molar refractivity (Wildman–Crippen MR) is 81.0 cm³/mol. The standard InChI is InChI=1S/C14H20N6O/c1-4-21-9-14-19-12(15-3)7-13(20-14)17-8-11-5-6-16-10(2)18-11/h5-7H,4,8-9H2,1-3H3,(H2,15,17,19,20). The molecule has 2 aromatic heterocycles. The van der Waals surface area contributed by atoms with Gasteiger partial charge in [0.2, 0.25) is 0 Å². The monoisotopic (exact) mass is 288 g/mol. The molecule has 0 bridgehead atoms. The van der Waals surface area contributed by atoms with E-state index >= 15 is 0 Å². The van der Waals surface area contributed by atoms with Crippen LogP contribution in [0, 0.1) is 6.92 Å². The second-order valence-corrected chi connectivity index (χ2v) is 4.39. The highest BCUT2D eigenvalue weighted by molar-refractivity contribution is 5.47. The van der Waals surface area contributed by atoms with Crippen LogP contribution in [0.2, 0.25) is 0 Å². The maximum absolute atomic E-state index is 5.35. The van der Waals surface area contributed by atoms with Crippen molar-refractivity contribution >= 4 is 11.6 Å². The van der Waals surface area contributed by atoms with Crippen molar-refractivity contribution in [2.24, 2.45) is 0 Å². The predicted octanol–water partition coefficient (Wildman–Crippen LogP) is 1.77. The third-order valence-corrected chi connectivity index (χ3v) is 2.75. The molecule has 0 atom stereocenters. The smallest absolute Gasteiger partial charge is 0.158 e. The molecule has 0 spiro atoms. The lowest BCUT2D eigenvalue weighted by Crippen LogP contribution is -2.09. The molecule has 0 aliphatic rings. The van der Waals surface area contributed by atoms with Crippen molar-refractivity contribution in [3.63, 3.8) is 0 Å². The highest BCUT2D eigenvalue weighted by Crippen LogP contribution is 2.12. The molecular weight excluding hydrogens is 268 g/mol. The molecule has 0 radical (unpaired) electrons. The first-order valence-corrected chi connectivity index (χ1v) is 6.87. The van der Waals surface area contributed by atoms with E-state index in [1.807, 2.05) is 33.0 Å². The van der Waals surface area contributed by atoms with Crippen LogP contribution in [0.15, 0.2) is 18.3 Å². The molecule has 0 unspecified atom stereocenters. The summed E-state index contributed by atoms with van der Waals surface area (Å²) in [4.78, 5) is 17.2. The molecule has 112 valence electrons.